The molecule has 2 atom stereocenters. The molecule has 3 rings (SSSR count). The van der Waals surface area contributed by atoms with Gasteiger partial charge in [-0.15, -0.1) is 0 Å². The zero-order valence-corrected chi connectivity index (χ0v) is 12.6. The van der Waals surface area contributed by atoms with E-state index in [4.69, 9.17) is 4.74 Å². The highest BCUT2D eigenvalue weighted by Crippen LogP contribution is 2.24. The molecule has 1 amide bonds. The van der Waals surface area contributed by atoms with Gasteiger partial charge in [0, 0.05) is 19.6 Å². The van der Waals surface area contributed by atoms with Crippen LogP contribution in [-0.4, -0.2) is 48.0 Å². The summed E-state index contributed by atoms with van der Waals surface area (Å²) >= 11 is 0. The molecule has 7 heteroatoms. The van der Waals surface area contributed by atoms with Crippen LogP contribution in [0.3, 0.4) is 0 Å². The van der Waals surface area contributed by atoms with Crippen LogP contribution >= 0.6 is 0 Å². The quantitative estimate of drug-likeness (QED) is 0.845. The number of hydrogen-bond acceptors (Lipinski definition) is 5. The molecule has 0 saturated carbocycles. The van der Waals surface area contributed by atoms with Gasteiger partial charge >= 0.3 is 5.97 Å². The average molecular weight is 317 g/mol. The molecule has 2 heterocycles. The summed E-state index contributed by atoms with van der Waals surface area (Å²) in [6, 6.07) is 8.13. The number of para-hydroxylation sites is 1. The molecule has 0 spiro atoms. The maximum Gasteiger partial charge on any atom is 0.328 e. The summed E-state index contributed by atoms with van der Waals surface area (Å²) in [6.07, 6.45) is 2.06. The van der Waals surface area contributed by atoms with Gasteiger partial charge in [-0.05, 0) is 25.0 Å². The van der Waals surface area contributed by atoms with Crippen LogP contribution in [0.25, 0.3) is 0 Å². The zero-order chi connectivity index (χ0) is 16.2. The molecule has 1 saturated heterocycles. The van der Waals surface area contributed by atoms with Crippen molar-refractivity contribution in [2.24, 2.45) is 5.10 Å². The molecular weight excluding hydrogens is 298 g/mol. The fraction of sp³-hybridized carbons (Fsp3) is 0.438. The largest absolute Gasteiger partial charge is 0.480 e. The molecule has 2 N–H and O–H groups in total. The number of carbonyl (C=O) groups is 2. The molecule has 1 aromatic rings. The minimum Gasteiger partial charge on any atom is -0.480 e. The minimum absolute atomic E-state index is 0.0430. The fourth-order valence-electron chi connectivity index (χ4n) is 2.77. The van der Waals surface area contributed by atoms with Crippen LogP contribution in [0, 0.1) is 0 Å². The molecule has 1 aromatic carbocycles. The first-order valence-electron chi connectivity index (χ1n) is 7.69. The van der Waals surface area contributed by atoms with Crippen LogP contribution in [-0.2, 0) is 14.3 Å². The first-order valence-corrected chi connectivity index (χ1v) is 7.69. The average Bonchev–Trinajstić information content (AvgIpc) is 3.23. The molecule has 2 unspecified atom stereocenters. The first kappa shape index (κ1) is 15.5. The minimum atomic E-state index is -1.00. The lowest BCUT2D eigenvalue weighted by Crippen LogP contribution is -2.37. The maximum absolute atomic E-state index is 12.2. The van der Waals surface area contributed by atoms with E-state index in [0.29, 0.717) is 12.2 Å². The Bertz CT molecular complexity index is 611. The summed E-state index contributed by atoms with van der Waals surface area (Å²) in [5, 5.41) is 17.8. The van der Waals surface area contributed by atoms with Gasteiger partial charge in [-0.2, -0.15) is 5.10 Å². The number of carbonyl (C=O) groups excluding carboxylic acids is 1. The summed E-state index contributed by atoms with van der Waals surface area (Å²) < 4.78 is 5.46. The predicted octanol–water partition coefficient (Wildman–Crippen LogP) is 1.00. The van der Waals surface area contributed by atoms with Gasteiger partial charge in [0.1, 0.15) is 5.71 Å². The molecular formula is C16H19N3O4. The number of carboxylic acids is 1. The van der Waals surface area contributed by atoms with Gasteiger partial charge < -0.3 is 15.2 Å². The van der Waals surface area contributed by atoms with Crippen molar-refractivity contribution >= 4 is 23.3 Å². The van der Waals surface area contributed by atoms with Crippen molar-refractivity contribution in [3.8, 4) is 0 Å². The Morgan fingerprint density at radius 1 is 1.35 bits per heavy atom. The summed E-state index contributed by atoms with van der Waals surface area (Å²) in [6.45, 7) is 1.16. The number of rotatable bonds is 5. The molecule has 0 aromatic heterocycles. The number of carboxylic acid groups (broad SMARTS) is 1. The third kappa shape index (κ3) is 3.50. The van der Waals surface area contributed by atoms with Crippen LogP contribution in [0.4, 0.5) is 5.69 Å². The lowest BCUT2D eigenvalue weighted by Gasteiger charge is -2.19. The van der Waals surface area contributed by atoms with Gasteiger partial charge in [0.05, 0.1) is 11.8 Å². The number of nitrogens with zero attached hydrogens (tertiary/aromatic N) is 2. The smallest absolute Gasteiger partial charge is 0.328 e. The number of hydrazone groups is 1. The van der Waals surface area contributed by atoms with E-state index < -0.39 is 12.0 Å². The molecule has 7 nitrogen and oxygen atoms in total. The second kappa shape index (κ2) is 6.78. The summed E-state index contributed by atoms with van der Waals surface area (Å²) in [7, 11) is 0. The lowest BCUT2D eigenvalue weighted by atomic mass is 10.1. The van der Waals surface area contributed by atoms with E-state index in [1.165, 1.54) is 5.01 Å². The van der Waals surface area contributed by atoms with E-state index >= 15 is 0 Å². The van der Waals surface area contributed by atoms with Gasteiger partial charge in [0.15, 0.2) is 6.04 Å². The topological polar surface area (TPSA) is 91.2 Å². The van der Waals surface area contributed by atoms with E-state index in [2.05, 4.69) is 10.4 Å². The van der Waals surface area contributed by atoms with E-state index in [9.17, 15) is 14.7 Å². The molecule has 23 heavy (non-hydrogen) atoms. The van der Waals surface area contributed by atoms with Crippen LogP contribution < -0.4 is 10.3 Å². The Kier molecular flexibility index (Phi) is 4.57. The molecule has 2 aliphatic heterocycles. The van der Waals surface area contributed by atoms with Crippen molar-refractivity contribution in [1.82, 2.24) is 5.32 Å². The highest BCUT2D eigenvalue weighted by atomic mass is 16.5. The van der Waals surface area contributed by atoms with Gasteiger partial charge in [-0.3, -0.25) is 9.80 Å². The summed E-state index contributed by atoms with van der Waals surface area (Å²) in [5.41, 5.74) is 0.890. The monoisotopic (exact) mass is 317 g/mol. The second-order valence-electron chi connectivity index (χ2n) is 5.63. The zero-order valence-electron chi connectivity index (χ0n) is 12.6. The highest BCUT2D eigenvalue weighted by molar-refractivity contribution is 6.40. The van der Waals surface area contributed by atoms with E-state index in [1.54, 1.807) is 24.3 Å². The summed E-state index contributed by atoms with van der Waals surface area (Å²) in [5.74, 6) is -1.33. The van der Waals surface area contributed by atoms with Crippen molar-refractivity contribution in [1.29, 1.82) is 0 Å². The van der Waals surface area contributed by atoms with Crippen molar-refractivity contribution < 1.29 is 19.4 Å². The number of anilines is 1. The SMILES string of the molecule is O=C(NCC1CCCO1)C1=NN(c2ccccc2)C(C(=O)O)C1. The van der Waals surface area contributed by atoms with Crippen molar-refractivity contribution in [2.45, 2.75) is 31.4 Å². The van der Waals surface area contributed by atoms with Gasteiger partial charge in [0.2, 0.25) is 0 Å². The van der Waals surface area contributed by atoms with Gasteiger partial charge in [0.25, 0.3) is 5.91 Å². The first-order chi connectivity index (χ1) is 11.1. The fourth-order valence-corrected chi connectivity index (χ4v) is 2.77. The van der Waals surface area contributed by atoms with Crippen molar-refractivity contribution in [3.05, 3.63) is 30.3 Å². The van der Waals surface area contributed by atoms with Gasteiger partial charge in [-0.1, -0.05) is 18.2 Å². The third-order valence-corrected chi connectivity index (χ3v) is 3.99. The number of aliphatic carboxylic acids is 1. The lowest BCUT2D eigenvalue weighted by molar-refractivity contribution is -0.138. The van der Waals surface area contributed by atoms with Crippen LogP contribution in [0.2, 0.25) is 0 Å². The Morgan fingerprint density at radius 3 is 2.78 bits per heavy atom. The number of amides is 1. The highest BCUT2D eigenvalue weighted by Gasteiger charge is 2.36. The second-order valence-corrected chi connectivity index (χ2v) is 5.63. The Morgan fingerprint density at radius 2 is 2.13 bits per heavy atom. The van der Waals surface area contributed by atoms with Crippen molar-refractivity contribution in [2.75, 3.05) is 18.2 Å². The summed E-state index contributed by atoms with van der Waals surface area (Å²) in [4.78, 5) is 23.7. The van der Waals surface area contributed by atoms with E-state index in [-0.39, 0.29) is 24.1 Å². The normalized spacial score (nSPS) is 23.7. The molecule has 1 fully saturated rings. The number of benzene rings is 1. The van der Waals surface area contributed by atoms with Crippen LogP contribution in [0.5, 0.6) is 0 Å². The Balaban J connectivity index is 1.69. The Labute approximate surface area is 133 Å². The number of hydrogen-bond donors (Lipinski definition) is 2. The number of ether oxygens (including phenoxy) is 1. The standard InChI is InChI=1S/C16H19N3O4/c20-15(17-10-12-7-4-8-23-12)13-9-14(16(21)22)19(18-13)11-5-2-1-3-6-11/h1-3,5-6,12,14H,4,7-10H2,(H,17,20)(H,21,22). The molecule has 0 radical (unpaired) electrons. The van der Waals surface area contributed by atoms with E-state index in [1.807, 2.05) is 6.07 Å². The van der Waals surface area contributed by atoms with Gasteiger partial charge in [-0.25, -0.2) is 4.79 Å². The molecule has 2 aliphatic rings. The van der Waals surface area contributed by atoms with Crippen LogP contribution in [0.1, 0.15) is 19.3 Å². The molecule has 0 aliphatic carbocycles. The Hall–Kier alpha value is -2.41. The molecule has 122 valence electrons. The third-order valence-electron chi connectivity index (χ3n) is 3.99. The number of nitrogens with one attached hydrogen (secondary N) is 1. The van der Waals surface area contributed by atoms with Crippen molar-refractivity contribution in [3.63, 3.8) is 0 Å². The maximum atomic E-state index is 12.2. The molecule has 0 bridgehead atoms. The van der Waals surface area contributed by atoms with E-state index in [0.717, 1.165) is 19.4 Å². The predicted molar refractivity (Wildman–Crippen MR) is 84.4 cm³/mol. The van der Waals surface area contributed by atoms with Crippen LogP contribution in [0.15, 0.2) is 35.4 Å².